The highest BCUT2D eigenvalue weighted by Gasteiger charge is 2.16. The molecule has 2 aromatic carbocycles. The molecular weight excluding hydrogens is 348 g/mol. The number of thioether (sulfide) groups is 1. The van der Waals surface area contributed by atoms with Crippen LogP contribution in [0.1, 0.15) is 12.0 Å². The highest BCUT2D eigenvalue weighted by molar-refractivity contribution is 7.98. The molecule has 0 aliphatic carbocycles. The van der Waals surface area contributed by atoms with Crippen molar-refractivity contribution in [1.29, 1.82) is 5.26 Å². The number of para-hydroxylation sites is 1. The van der Waals surface area contributed by atoms with Gasteiger partial charge in [-0.15, -0.1) is 11.8 Å². The van der Waals surface area contributed by atoms with Gasteiger partial charge in [-0.3, -0.25) is 0 Å². The number of rotatable bonds is 8. The van der Waals surface area contributed by atoms with Crippen molar-refractivity contribution in [1.82, 2.24) is 5.16 Å². The van der Waals surface area contributed by atoms with E-state index in [1.165, 1.54) is 11.8 Å². The minimum atomic E-state index is 0.462. The van der Waals surface area contributed by atoms with E-state index < -0.39 is 0 Å². The fourth-order valence-electron chi connectivity index (χ4n) is 2.37. The zero-order chi connectivity index (χ0) is 18.2. The second kappa shape index (κ2) is 8.97. The Labute approximate surface area is 156 Å². The molecule has 0 saturated heterocycles. The van der Waals surface area contributed by atoms with Gasteiger partial charge >= 0.3 is 0 Å². The number of hydrogen-bond acceptors (Lipinski definition) is 6. The predicted molar refractivity (Wildman–Crippen MR) is 100 cm³/mol. The summed E-state index contributed by atoms with van der Waals surface area (Å²) in [5.74, 6) is 2.11. The Hall–Kier alpha value is -2.91. The molecule has 0 atom stereocenters. The van der Waals surface area contributed by atoms with Crippen LogP contribution in [0.4, 0.5) is 0 Å². The summed E-state index contributed by atoms with van der Waals surface area (Å²) in [5.41, 5.74) is 1.26. The largest absolute Gasteiger partial charge is 0.493 e. The first-order valence-electron chi connectivity index (χ1n) is 8.16. The maximum atomic E-state index is 9.28. The van der Waals surface area contributed by atoms with Gasteiger partial charge in [0, 0.05) is 12.0 Å². The standard InChI is InChI=1S/C20H18N2O3S/c1-26-20-18(14-21)19(25-22-20)15-8-10-17(11-9-15)24-13-5-12-23-16-6-3-2-4-7-16/h2-4,6-11H,5,12-13H2,1H3. The molecule has 5 nitrogen and oxygen atoms in total. The lowest BCUT2D eigenvalue weighted by Gasteiger charge is -2.08. The van der Waals surface area contributed by atoms with Gasteiger partial charge in [-0.2, -0.15) is 5.26 Å². The van der Waals surface area contributed by atoms with E-state index in [2.05, 4.69) is 11.2 Å². The molecule has 132 valence electrons. The van der Waals surface area contributed by atoms with Gasteiger partial charge < -0.3 is 14.0 Å². The SMILES string of the molecule is CSc1noc(-c2ccc(OCCCOc3ccccc3)cc2)c1C#N. The van der Waals surface area contributed by atoms with Crippen LogP contribution in [0.25, 0.3) is 11.3 Å². The normalized spacial score (nSPS) is 10.3. The van der Waals surface area contributed by atoms with E-state index in [1.807, 2.05) is 60.9 Å². The quantitative estimate of drug-likeness (QED) is 0.422. The van der Waals surface area contributed by atoms with Gasteiger partial charge in [0.05, 0.1) is 13.2 Å². The molecule has 0 aliphatic heterocycles. The zero-order valence-corrected chi connectivity index (χ0v) is 15.2. The molecule has 0 radical (unpaired) electrons. The van der Waals surface area contributed by atoms with Crippen molar-refractivity contribution < 1.29 is 14.0 Å². The topological polar surface area (TPSA) is 68.3 Å². The highest BCUT2D eigenvalue weighted by atomic mass is 32.2. The summed E-state index contributed by atoms with van der Waals surface area (Å²) in [7, 11) is 0. The van der Waals surface area contributed by atoms with Crippen LogP contribution in [0.2, 0.25) is 0 Å². The number of ether oxygens (including phenoxy) is 2. The van der Waals surface area contributed by atoms with Crippen LogP contribution in [-0.2, 0) is 0 Å². The molecule has 0 aliphatic rings. The van der Waals surface area contributed by atoms with Gasteiger partial charge in [-0.1, -0.05) is 23.4 Å². The molecule has 26 heavy (non-hydrogen) atoms. The molecule has 1 heterocycles. The summed E-state index contributed by atoms with van der Waals surface area (Å²) >= 11 is 1.39. The molecule has 0 bridgehead atoms. The lowest BCUT2D eigenvalue weighted by Crippen LogP contribution is -2.04. The number of nitriles is 1. The molecule has 0 spiro atoms. The van der Waals surface area contributed by atoms with Crippen LogP contribution >= 0.6 is 11.8 Å². The van der Waals surface area contributed by atoms with Crippen molar-refractivity contribution in [2.75, 3.05) is 19.5 Å². The Morgan fingerprint density at radius 3 is 2.27 bits per heavy atom. The highest BCUT2D eigenvalue weighted by Crippen LogP contribution is 2.31. The van der Waals surface area contributed by atoms with E-state index in [4.69, 9.17) is 14.0 Å². The molecule has 0 amide bonds. The average Bonchev–Trinajstić information content (AvgIpc) is 3.12. The number of hydrogen-bond donors (Lipinski definition) is 0. The third-order valence-electron chi connectivity index (χ3n) is 3.65. The molecule has 3 rings (SSSR count). The predicted octanol–water partition coefficient (Wildman–Crippen LogP) is 4.78. The van der Waals surface area contributed by atoms with E-state index in [9.17, 15) is 5.26 Å². The van der Waals surface area contributed by atoms with Crippen molar-refractivity contribution in [3.05, 3.63) is 60.2 Å². The summed E-state index contributed by atoms with van der Waals surface area (Å²) in [6.45, 7) is 1.16. The fraction of sp³-hybridized carbons (Fsp3) is 0.200. The number of nitrogens with zero attached hydrogens (tertiary/aromatic N) is 2. The summed E-state index contributed by atoms with van der Waals surface area (Å²) in [4.78, 5) is 0. The first kappa shape index (κ1) is 17.9. The summed E-state index contributed by atoms with van der Waals surface area (Å²) in [6, 6.07) is 19.3. The van der Waals surface area contributed by atoms with E-state index >= 15 is 0 Å². The van der Waals surface area contributed by atoms with Crippen molar-refractivity contribution in [2.24, 2.45) is 0 Å². The van der Waals surface area contributed by atoms with E-state index in [1.54, 1.807) is 0 Å². The van der Waals surface area contributed by atoms with Gasteiger partial charge in [-0.05, 0) is 42.7 Å². The minimum absolute atomic E-state index is 0.462. The van der Waals surface area contributed by atoms with Crippen molar-refractivity contribution in [3.63, 3.8) is 0 Å². The van der Waals surface area contributed by atoms with Crippen molar-refractivity contribution >= 4 is 11.8 Å². The molecule has 1 aromatic heterocycles. The van der Waals surface area contributed by atoms with Crippen LogP contribution in [-0.4, -0.2) is 24.6 Å². The summed E-state index contributed by atoms with van der Waals surface area (Å²) in [5, 5.41) is 13.8. The molecule has 6 heteroatoms. The van der Waals surface area contributed by atoms with Crippen molar-refractivity contribution in [2.45, 2.75) is 11.4 Å². The molecular formula is C20H18N2O3S. The van der Waals surface area contributed by atoms with Crippen LogP contribution < -0.4 is 9.47 Å². The third-order valence-corrected chi connectivity index (χ3v) is 4.32. The van der Waals surface area contributed by atoms with Gasteiger partial charge in [0.25, 0.3) is 0 Å². The first-order chi connectivity index (χ1) is 12.8. The zero-order valence-electron chi connectivity index (χ0n) is 14.3. The van der Waals surface area contributed by atoms with E-state index in [-0.39, 0.29) is 0 Å². The fourth-order valence-corrected chi connectivity index (χ4v) is 2.82. The van der Waals surface area contributed by atoms with Crippen LogP contribution in [0, 0.1) is 11.3 Å². The van der Waals surface area contributed by atoms with Crippen LogP contribution in [0.15, 0.2) is 64.1 Å². The maximum absolute atomic E-state index is 9.28. The van der Waals surface area contributed by atoms with Crippen LogP contribution in [0.3, 0.4) is 0 Å². The third kappa shape index (κ3) is 4.38. The Bertz CT molecular complexity index is 870. The lowest BCUT2D eigenvalue weighted by molar-refractivity contribution is 0.247. The first-order valence-corrected chi connectivity index (χ1v) is 9.39. The molecule has 3 aromatic rings. The molecule has 0 unspecified atom stereocenters. The summed E-state index contributed by atoms with van der Waals surface area (Å²) in [6.07, 6.45) is 2.65. The van der Waals surface area contributed by atoms with E-state index in [0.717, 1.165) is 23.5 Å². The summed E-state index contributed by atoms with van der Waals surface area (Å²) < 4.78 is 16.7. The number of benzene rings is 2. The van der Waals surface area contributed by atoms with Crippen LogP contribution in [0.5, 0.6) is 11.5 Å². The lowest BCUT2D eigenvalue weighted by atomic mass is 10.1. The second-order valence-corrected chi connectivity index (χ2v) is 6.19. The molecule has 0 fully saturated rings. The van der Waals surface area contributed by atoms with Gasteiger partial charge in [0.2, 0.25) is 0 Å². The average molecular weight is 366 g/mol. The minimum Gasteiger partial charge on any atom is -0.493 e. The Balaban J connectivity index is 1.50. The van der Waals surface area contributed by atoms with Gasteiger partial charge in [0.15, 0.2) is 10.8 Å². The molecule has 0 saturated carbocycles. The van der Waals surface area contributed by atoms with Gasteiger partial charge in [-0.25, -0.2) is 0 Å². The Morgan fingerprint density at radius 2 is 1.65 bits per heavy atom. The monoisotopic (exact) mass is 366 g/mol. The van der Waals surface area contributed by atoms with E-state index in [0.29, 0.717) is 29.6 Å². The Morgan fingerprint density at radius 1 is 1.00 bits per heavy atom. The maximum Gasteiger partial charge on any atom is 0.185 e. The molecule has 0 N–H and O–H groups in total. The Kier molecular flexibility index (Phi) is 6.18. The van der Waals surface area contributed by atoms with Gasteiger partial charge in [0.1, 0.15) is 23.1 Å². The number of aromatic nitrogens is 1. The van der Waals surface area contributed by atoms with Crippen molar-refractivity contribution in [3.8, 4) is 28.9 Å². The smallest absolute Gasteiger partial charge is 0.185 e. The second-order valence-electron chi connectivity index (χ2n) is 5.40.